The number of unbranched alkanes of at least 4 members (excludes halogenated alkanes) is 6. The highest BCUT2D eigenvalue weighted by atomic mass is 16.6. The number of hydrogen-bond donors (Lipinski definition) is 1. The van der Waals surface area contributed by atoms with E-state index in [1.807, 2.05) is 0 Å². The van der Waals surface area contributed by atoms with E-state index in [-0.39, 0.29) is 6.42 Å². The monoisotopic (exact) mass is 322 g/mol. The predicted molar refractivity (Wildman–Crippen MR) is 95.7 cm³/mol. The molecular weight excluding hydrogens is 288 g/mol. The zero-order valence-corrected chi connectivity index (χ0v) is 14.7. The summed E-state index contributed by atoms with van der Waals surface area (Å²) in [5, 5.41) is 8.52. The van der Waals surface area contributed by atoms with Gasteiger partial charge in [0.15, 0.2) is 0 Å². The second-order valence-electron chi connectivity index (χ2n) is 6.47. The van der Waals surface area contributed by atoms with Gasteiger partial charge >= 0.3 is 5.97 Å². The molecule has 0 aliphatic carbocycles. The smallest absolute Gasteiger partial charge is 0.303 e. The predicted octanol–water partition coefficient (Wildman–Crippen LogP) is 5.65. The second kappa shape index (κ2) is 13.4. The summed E-state index contributed by atoms with van der Waals surface area (Å²) in [6.45, 7) is 2.26. The van der Waals surface area contributed by atoms with Crippen LogP contribution in [0.3, 0.4) is 0 Å². The van der Waals surface area contributed by atoms with Gasteiger partial charge in [-0.15, -0.1) is 0 Å². The zero-order valence-electron chi connectivity index (χ0n) is 14.7. The van der Waals surface area contributed by atoms with E-state index >= 15 is 0 Å². The summed E-state index contributed by atoms with van der Waals surface area (Å²) in [6, 6.07) is 0. The van der Waals surface area contributed by atoms with Gasteiger partial charge in [0.05, 0.1) is 12.2 Å². The molecule has 0 radical (unpaired) electrons. The van der Waals surface area contributed by atoms with E-state index in [2.05, 4.69) is 31.2 Å². The number of hydrogen-bond acceptors (Lipinski definition) is 2. The van der Waals surface area contributed by atoms with E-state index < -0.39 is 5.97 Å². The minimum Gasteiger partial charge on any atom is -0.481 e. The number of carbonyl (C=O) groups is 1. The Balaban J connectivity index is 1.87. The highest BCUT2D eigenvalue weighted by molar-refractivity contribution is 5.66. The summed E-state index contributed by atoms with van der Waals surface area (Å²) in [5.74, 6) is -0.710. The van der Waals surface area contributed by atoms with Gasteiger partial charge in [-0.25, -0.2) is 0 Å². The third-order valence-electron chi connectivity index (χ3n) is 4.27. The third-order valence-corrected chi connectivity index (χ3v) is 4.27. The van der Waals surface area contributed by atoms with Gasteiger partial charge in [0.2, 0.25) is 0 Å². The van der Waals surface area contributed by atoms with Crippen molar-refractivity contribution in [3.8, 4) is 0 Å². The Hall–Kier alpha value is -1.09. The van der Waals surface area contributed by atoms with Crippen LogP contribution in [0.2, 0.25) is 0 Å². The Bertz CT molecular complexity index is 360. The summed E-state index contributed by atoms with van der Waals surface area (Å²) >= 11 is 0. The van der Waals surface area contributed by atoms with Gasteiger partial charge in [-0.05, 0) is 32.1 Å². The van der Waals surface area contributed by atoms with E-state index in [1.165, 1.54) is 44.9 Å². The van der Waals surface area contributed by atoms with Gasteiger partial charge < -0.3 is 9.84 Å². The SMILES string of the molecule is CCCCCCCCC1OC1C/C=C\C/C=C\CCCC(=O)O. The normalized spacial score (nSPS) is 20.6. The fraction of sp³-hybridized carbons (Fsp3) is 0.750. The molecule has 1 fully saturated rings. The highest BCUT2D eigenvalue weighted by Crippen LogP contribution is 2.30. The highest BCUT2D eigenvalue weighted by Gasteiger charge is 2.36. The van der Waals surface area contributed by atoms with Crippen molar-refractivity contribution in [2.24, 2.45) is 0 Å². The number of rotatable bonds is 15. The first-order valence-electron chi connectivity index (χ1n) is 9.41. The first-order chi connectivity index (χ1) is 11.2. The standard InChI is InChI=1S/C20H34O3/c1-2-3-4-5-9-12-15-18-19(23-18)16-13-10-7-6-8-11-14-17-20(21)22/h6,8,10,13,18-19H,2-5,7,9,11-12,14-17H2,1H3,(H,21,22)/b8-6-,13-10-. The molecule has 0 spiro atoms. The molecule has 0 aromatic heterocycles. The lowest BCUT2D eigenvalue weighted by atomic mass is 10.1. The number of carboxylic acids is 1. The van der Waals surface area contributed by atoms with Crippen molar-refractivity contribution in [1.29, 1.82) is 0 Å². The molecule has 1 rings (SSSR count). The van der Waals surface area contributed by atoms with Crippen molar-refractivity contribution in [2.45, 2.75) is 96.2 Å². The number of ether oxygens (including phenoxy) is 1. The van der Waals surface area contributed by atoms with E-state index in [0.29, 0.717) is 12.2 Å². The lowest BCUT2D eigenvalue weighted by molar-refractivity contribution is -0.137. The van der Waals surface area contributed by atoms with Crippen molar-refractivity contribution >= 4 is 5.97 Å². The molecular formula is C20H34O3. The van der Waals surface area contributed by atoms with Crippen LogP contribution < -0.4 is 0 Å². The number of carboxylic acid groups (broad SMARTS) is 1. The summed E-state index contributed by atoms with van der Waals surface area (Å²) in [7, 11) is 0. The van der Waals surface area contributed by atoms with Crippen LogP contribution in [-0.2, 0) is 9.53 Å². The first-order valence-corrected chi connectivity index (χ1v) is 9.41. The topological polar surface area (TPSA) is 49.8 Å². The average Bonchev–Trinajstić information content (AvgIpc) is 3.27. The lowest BCUT2D eigenvalue weighted by Gasteiger charge is -1.98. The molecule has 132 valence electrons. The molecule has 0 saturated carbocycles. The summed E-state index contributed by atoms with van der Waals surface area (Å²) < 4.78 is 5.70. The van der Waals surface area contributed by atoms with E-state index in [0.717, 1.165) is 25.7 Å². The van der Waals surface area contributed by atoms with Crippen molar-refractivity contribution in [2.75, 3.05) is 0 Å². The van der Waals surface area contributed by atoms with Crippen molar-refractivity contribution in [3.05, 3.63) is 24.3 Å². The van der Waals surface area contributed by atoms with Gasteiger partial charge in [0, 0.05) is 6.42 Å². The van der Waals surface area contributed by atoms with Crippen molar-refractivity contribution in [3.63, 3.8) is 0 Å². The van der Waals surface area contributed by atoms with E-state index in [1.54, 1.807) is 0 Å². The van der Waals surface area contributed by atoms with Gasteiger partial charge in [0.25, 0.3) is 0 Å². The van der Waals surface area contributed by atoms with Crippen molar-refractivity contribution in [1.82, 2.24) is 0 Å². The Labute approximate surface area is 141 Å². The molecule has 0 aromatic rings. The molecule has 0 bridgehead atoms. The Morgan fingerprint density at radius 2 is 1.70 bits per heavy atom. The molecule has 1 saturated heterocycles. The van der Waals surface area contributed by atoms with Crippen LogP contribution in [0, 0.1) is 0 Å². The van der Waals surface area contributed by atoms with Crippen LogP contribution in [-0.4, -0.2) is 23.3 Å². The van der Waals surface area contributed by atoms with Crippen molar-refractivity contribution < 1.29 is 14.6 Å². The van der Waals surface area contributed by atoms with Gasteiger partial charge in [0.1, 0.15) is 0 Å². The maximum absolute atomic E-state index is 10.3. The molecule has 1 aliphatic heterocycles. The van der Waals surface area contributed by atoms with Crippen LogP contribution in [0.25, 0.3) is 0 Å². The molecule has 3 heteroatoms. The number of aliphatic carboxylic acids is 1. The Kier molecular flexibility index (Phi) is 11.6. The number of epoxide rings is 1. The first kappa shape index (κ1) is 20.0. The molecule has 2 unspecified atom stereocenters. The van der Waals surface area contributed by atoms with Crippen LogP contribution in [0.1, 0.15) is 84.0 Å². The average molecular weight is 322 g/mol. The molecule has 1 heterocycles. The molecule has 0 aromatic carbocycles. The Morgan fingerprint density at radius 1 is 0.957 bits per heavy atom. The molecule has 1 aliphatic rings. The molecule has 1 N–H and O–H groups in total. The minimum absolute atomic E-state index is 0.263. The second-order valence-corrected chi connectivity index (χ2v) is 6.47. The molecule has 3 nitrogen and oxygen atoms in total. The van der Waals surface area contributed by atoms with Gasteiger partial charge in [-0.2, -0.15) is 0 Å². The zero-order chi connectivity index (χ0) is 16.8. The third kappa shape index (κ3) is 12.1. The summed E-state index contributed by atoms with van der Waals surface area (Å²) in [5.41, 5.74) is 0. The molecule has 0 amide bonds. The van der Waals surface area contributed by atoms with Gasteiger partial charge in [-0.3, -0.25) is 4.79 Å². The van der Waals surface area contributed by atoms with Crippen LogP contribution >= 0.6 is 0 Å². The van der Waals surface area contributed by atoms with Crippen LogP contribution in [0.4, 0.5) is 0 Å². The Morgan fingerprint density at radius 3 is 2.48 bits per heavy atom. The van der Waals surface area contributed by atoms with E-state index in [9.17, 15) is 4.79 Å². The van der Waals surface area contributed by atoms with Crippen LogP contribution in [0.15, 0.2) is 24.3 Å². The van der Waals surface area contributed by atoms with Gasteiger partial charge in [-0.1, -0.05) is 69.8 Å². The fourth-order valence-electron chi connectivity index (χ4n) is 2.76. The molecule has 23 heavy (non-hydrogen) atoms. The lowest BCUT2D eigenvalue weighted by Crippen LogP contribution is -1.93. The fourth-order valence-corrected chi connectivity index (χ4v) is 2.76. The van der Waals surface area contributed by atoms with E-state index in [4.69, 9.17) is 9.84 Å². The minimum atomic E-state index is -0.710. The quantitative estimate of drug-likeness (QED) is 0.241. The maximum Gasteiger partial charge on any atom is 0.303 e. The van der Waals surface area contributed by atoms with Crippen LogP contribution in [0.5, 0.6) is 0 Å². The molecule has 2 atom stereocenters. The largest absolute Gasteiger partial charge is 0.481 e. The summed E-state index contributed by atoms with van der Waals surface area (Å²) in [4.78, 5) is 10.3. The number of allylic oxidation sites excluding steroid dienone is 3. The maximum atomic E-state index is 10.3. The summed E-state index contributed by atoms with van der Waals surface area (Å²) in [6.07, 6.45) is 22.7.